The van der Waals surface area contributed by atoms with Crippen molar-refractivity contribution in [1.82, 2.24) is 15.1 Å². The van der Waals surface area contributed by atoms with E-state index in [0.29, 0.717) is 22.2 Å². The number of halogens is 2. The standard InChI is InChI=1S/C21H25Cl2N3O/c1-2-25-9-11-26(12-10-25)15-17-6-4-3-5-16(17)14-24-21(27)19-8-7-18(22)13-20(19)23/h3-8,13H,2,9-12,14-15H2,1H3,(H,24,27). The molecule has 27 heavy (non-hydrogen) atoms. The number of likely N-dealkylation sites (N-methyl/N-ethyl adjacent to an activating group) is 1. The van der Waals surface area contributed by atoms with Gasteiger partial charge in [-0.25, -0.2) is 0 Å². The Morgan fingerprint density at radius 1 is 1.00 bits per heavy atom. The molecule has 1 aliphatic heterocycles. The highest BCUT2D eigenvalue weighted by Gasteiger charge is 2.17. The third-order valence-corrected chi connectivity index (χ3v) is 5.59. The zero-order valence-electron chi connectivity index (χ0n) is 15.5. The Morgan fingerprint density at radius 3 is 2.33 bits per heavy atom. The molecule has 4 nitrogen and oxygen atoms in total. The molecule has 0 bridgehead atoms. The van der Waals surface area contributed by atoms with Crippen LogP contribution in [0.3, 0.4) is 0 Å². The number of benzene rings is 2. The molecule has 0 spiro atoms. The van der Waals surface area contributed by atoms with Crippen LogP contribution < -0.4 is 5.32 Å². The smallest absolute Gasteiger partial charge is 0.253 e. The molecule has 1 saturated heterocycles. The molecular weight excluding hydrogens is 381 g/mol. The quantitative estimate of drug-likeness (QED) is 0.786. The molecule has 1 aliphatic rings. The first-order valence-corrected chi connectivity index (χ1v) is 10.1. The average Bonchev–Trinajstić information content (AvgIpc) is 2.67. The van der Waals surface area contributed by atoms with Gasteiger partial charge in [-0.2, -0.15) is 0 Å². The highest BCUT2D eigenvalue weighted by molar-refractivity contribution is 6.36. The van der Waals surface area contributed by atoms with E-state index in [1.807, 2.05) is 6.07 Å². The topological polar surface area (TPSA) is 35.6 Å². The fourth-order valence-corrected chi connectivity index (χ4v) is 3.83. The summed E-state index contributed by atoms with van der Waals surface area (Å²) in [5, 5.41) is 3.86. The molecule has 3 rings (SSSR count). The molecule has 2 aromatic rings. The number of hydrogen-bond acceptors (Lipinski definition) is 3. The maximum Gasteiger partial charge on any atom is 0.253 e. The zero-order chi connectivity index (χ0) is 19.2. The van der Waals surface area contributed by atoms with E-state index in [0.717, 1.165) is 44.8 Å². The van der Waals surface area contributed by atoms with Gasteiger partial charge in [0.25, 0.3) is 5.91 Å². The minimum atomic E-state index is -0.192. The van der Waals surface area contributed by atoms with Crippen LogP contribution in [-0.4, -0.2) is 48.4 Å². The first kappa shape index (κ1) is 20.2. The third kappa shape index (κ3) is 5.45. The van der Waals surface area contributed by atoms with Crippen LogP contribution in [0.2, 0.25) is 10.0 Å². The Kier molecular flexibility index (Phi) is 7.13. The highest BCUT2D eigenvalue weighted by atomic mass is 35.5. The number of carbonyl (C=O) groups excluding carboxylic acids is 1. The molecule has 6 heteroatoms. The lowest BCUT2D eigenvalue weighted by Crippen LogP contribution is -2.45. The third-order valence-electron chi connectivity index (χ3n) is 5.04. The number of hydrogen-bond donors (Lipinski definition) is 1. The van der Waals surface area contributed by atoms with Gasteiger partial charge < -0.3 is 10.2 Å². The molecule has 1 heterocycles. The number of nitrogens with one attached hydrogen (secondary N) is 1. The lowest BCUT2D eigenvalue weighted by Gasteiger charge is -2.34. The van der Waals surface area contributed by atoms with Crippen molar-refractivity contribution in [3.8, 4) is 0 Å². The number of rotatable bonds is 6. The van der Waals surface area contributed by atoms with E-state index >= 15 is 0 Å². The molecule has 0 radical (unpaired) electrons. The minimum Gasteiger partial charge on any atom is -0.348 e. The van der Waals surface area contributed by atoms with E-state index in [9.17, 15) is 4.79 Å². The molecule has 1 fully saturated rings. The maximum atomic E-state index is 12.5. The Hall–Kier alpha value is -1.59. The van der Waals surface area contributed by atoms with Crippen LogP contribution >= 0.6 is 23.2 Å². The first-order chi connectivity index (χ1) is 13.1. The summed E-state index contributed by atoms with van der Waals surface area (Å²) in [4.78, 5) is 17.4. The Balaban J connectivity index is 1.61. The van der Waals surface area contributed by atoms with Gasteiger partial charge in [-0.15, -0.1) is 0 Å². The van der Waals surface area contributed by atoms with E-state index in [2.05, 4.69) is 40.2 Å². The van der Waals surface area contributed by atoms with Gasteiger partial charge in [-0.05, 0) is 35.9 Å². The van der Waals surface area contributed by atoms with Crippen LogP contribution in [0, 0.1) is 0 Å². The van der Waals surface area contributed by atoms with Crippen molar-refractivity contribution < 1.29 is 4.79 Å². The first-order valence-electron chi connectivity index (χ1n) is 9.31. The molecule has 0 atom stereocenters. The van der Waals surface area contributed by atoms with Crippen LogP contribution in [0.4, 0.5) is 0 Å². The molecule has 0 aromatic heterocycles. The lowest BCUT2D eigenvalue weighted by atomic mass is 10.1. The second-order valence-corrected chi connectivity index (χ2v) is 7.63. The minimum absolute atomic E-state index is 0.192. The number of amides is 1. The molecule has 0 unspecified atom stereocenters. The second-order valence-electron chi connectivity index (χ2n) is 6.79. The fourth-order valence-electron chi connectivity index (χ4n) is 3.33. The van der Waals surface area contributed by atoms with Gasteiger partial charge in [0.15, 0.2) is 0 Å². The van der Waals surface area contributed by atoms with Crippen molar-refractivity contribution in [1.29, 1.82) is 0 Å². The van der Waals surface area contributed by atoms with E-state index < -0.39 is 0 Å². The van der Waals surface area contributed by atoms with Crippen molar-refractivity contribution in [2.75, 3.05) is 32.7 Å². The van der Waals surface area contributed by atoms with Crippen LogP contribution in [0.15, 0.2) is 42.5 Å². The second kappa shape index (κ2) is 9.56. The van der Waals surface area contributed by atoms with Crippen LogP contribution in [0.1, 0.15) is 28.4 Å². The summed E-state index contributed by atoms with van der Waals surface area (Å²) in [6.07, 6.45) is 0. The van der Waals surface area contributed by atoms with Crippen molar-refractivity contribution in [3.63, 3.8) is 0 Å². The van der Waals surface area contributed by atoms with Crippen molar-refractivity contribution in [3.05, 3.63) is 69.2 Å². The average molecular weight is 406 g/mol. The Morgan fingerprint density at radius 2 is 1.67 bits per heavy atom. The fraction of sp³-hybridized carbons (Fsp3) is 0.381. The van der Waals surface area contributed by atoms with Crippen molar-refractivity contribution in [2.24, 2.45) is 0 Å². The van der Waals surface area contributed by atoms with Crippen molar-refractivity contribution >= 4 is 29.1 Å². The largest absolute Gasteiger partial charge is 0.348 e. The van der Waals surface area contributed by atoms with Crippen LogP contribution in [-0.2, 0) is 13.1 Å². The predicted octanol–water partition coefficient (Wildman–Crippen LogP) is 4.06. The van der Waals surface area contributed by atoms with Gasteiger partial charge in [0, 0.05) is 44.3 Å². The summed E-state index contributed by atoms with van der Waals surface area (Å²) in [5.74, 6) is -0.192. The van der Waals surface area contributed by atoms with Gasteiger partial charge >= 0.3 is 0 Å². The lowest BCUT2D eigenvalue weighted by molar-refractivity contribution is 0.0950. The Labute approximate surface area is 171 Å². The molecule has 144 valence electrons. The summed E-state index contributed by atoms with van der Waals surface area (Å²) in [6, 6.07) is 13.2. The van der Waals surface area contributed by atoms with E-state index in [1.54, 1.807) is 18.2 Å². The highest BCUT2D eigenvalue weighted by Crippen LogP contribution is 2.21. The van der Waals surface area contributed by atoms with E-state index in [-0.39, 0.29) is 5.91 Å². The molecule has 0 aliphatic carbocycles. The zero-order valence-corrected chi connectivity index (χ0v) is 17.1. The summed E-state index contributed by atoms with van der Waals surface area (Å²) in [5.41, 5.74) is 2.83. The predicted molar refractivity (Wildman–Crippen MR) is 111 cm³/mol. The summed E-state index contributed by atoms with van der Waals surface area (Å²) >= 11 is 12.0. The SMILES string of the molecule is CCN1CCN(Cc2ccccc2CNC(=O)c2ccc(Cl)cc2Cl)CC1. The van der Waals surface area contributed by atoms with Gasteiger partial charge in [-0.3, -0.25) is 9.69 Å². The molecular formula is C21H25Cl2N3O. The van der Waals surface area contributed by atoms with E-state index in [1.165, 1.54) is 5.56 Å². The summed E-state index contributed by atoms with van der Waals surface area (Å²) in [6.45, 7) is 9.09. The van der Waals surface area contributed by atoms with Gasteiger partial charge in [0.2, 0.25) is 0 Å². The van der Waals surface area contributed by atoms with Crippen molar-refractivity contribution in [2.45, 2.75) is 20.0 Å². The van der Waals surface area contributed by atoms with Crippen LogP contribution in [0.5, 0.6) is 0 Å². The number of piperazine rings is 1. The molecule has 0 saturated carbocycles. The van der Waals surface area contributed by atoms with E-state index in [4.69, 9.17) is 23.2 Å². The molecule has 1 N–H and O–H groups in total. The van der Waals surface area contributed by atoms with Crippen LogP contribution in [0.25, 0.3) is 0 Å². The number of nitrogens with zero attached hydrogens (tertiary/aromatic N) is 2. The van der Waals surface area contributed by atoms with Gasteiger partial charge in [0.05, 0.1) is 10.6 Å². The maximum absolute atomic E-state index is 12.5. The molecule has 2 aromatic carbocycles. The number of carbonyl (C=O) groups is 1. The monoisotopic (exact) mass is 405 g/mol. The molecule has 1 amide bonds. The van der Waals surface area contributed by atoms with Gasteiger partial charge in [-0.1, -0.05) is 54.4 Å². The summed E-state index contributed by atoms with van der Waals surface area (Å²) in [7, 11) is 0. The summed E-state index contributed by atoms with van der Waals surface area (Å²) < 4.78 is 0. The Bertz CT molecular complexity index is 789. The van der Waals surface area contributed by atoms with Gasteiger partial charge in [0.1, 0.15) is 0 Å². The normalized spacial score (nSPS) is 15.7.